The third-order valence-electron chi connectivity index (χ3n) is 6.37. The van der Waals surface area contributed by atoms with Crippen LogP contribution in [0.3, 0.4) is 0 Å². The lowest BCUT2D eigenvalue weighted by atomic mass is 9.94. The highest BCUT2D eigenvalue weighted by Gasteiger charge is 2.43. The zero-order valence-corrected chi connectivity index (χ0v) is 17.4. The smallest absolute Gasteiger partial charge is 0.215 e. The number of hydrogen-bond acceptors (Lipinski definition) is 4. The van der Waals surface area contributed by atoms with Gasteiger partial charge < -0.3 is 4.98 Å². The van der Waals surface area contributed by atoms with Gasteiger partial charge >= 0.3 is 0 Å². The molecule has 0 radical (unpaired) electrons. The molecule has 9 heteroatoms. The number of nitrogens with one attached hydrogen (secondary N) is 1. The topological polar surface area (TPSA) is 86.4 Å². The van der Waals surface area contributed by atoms with Crippen molar-refractivity contribution in [2.45, 2.75) is 56.7 Å². The van der Waals surface area contributed by atoms with E-state index in [9.17, 15) is 17.6 Å². The molecule has 1 N–H and O–H groups in total. The Labute approximate surface area is 175 Å². The molecule has 5 rings (SSSR count). The van der Waals surface area contributed by atoms with E-state index in [0.717, 1.165) is 54.3 Å². The molecule has 2 fully saturated rings. The lowest BCUT2D eigenvalue weighted by molar-refractivity contribution is -0.107. The van der Waals surface area contributed by atoms with Gasteiger partial charge in [0.1, 0.15) is 11.5 Å². The standard InChI is InChI=1S/C21H25FN4O3S/c22-7-1-9-30(28,29)26-16-4-5-17(26)11-14(10-16)19-12-20(25(13-27)15-2-3-15)24-21-18(19)6-8-23-21/h6,8,10,12-13,15-17H,1-5,7,9,11H2,(H,23,24). The third kappa shape index (κ3) is 3.33. The van der Waals surface area contributed by atoms with Crippen LogP contribution in [-0.2, 0) is 14.8 Å². The summed E-state index contributed by atoms with van der Waals surface area (Å²) < 4.78 is 39.7. The first kappa shape index (κ1) is 19.7. The fourth-order valence-electron chi connectivity index (χ4n) is 4.87. The van der Waals surface area contributed by atoms with Gasteiger partial charge in [0.25, 0.3) is 0 Å². The van der Waals surface area contributed by atoms with Crippen LogP contribution in [0, 0.1) is 0 Å². The number of pyridine rings is 1. The van der Waals surface area contributed by atoms with Crippen LogP contribution in [0.25, 0.3) is 16.6 Å². The van der Waals surface area contributed by atoms with Gasteiger partial charge in [0.05, 0.1) is 12.4 Å². The van der Waals surface area contributed by atoms with Crippen molar-refractivity contribution >= 4 is 38.9 Å². The van der Waals surface area contributed by atoms with E-state index in [-0.39, 0.29) is 30.3 Å². The minimum Gasteiger partial charge on any atom is -0.346 e. The van der Waals surface area contributed by atoms with E-state index in [4.69, 9.17) is 0 Å². The van der Waals surface area contributed by atoms with Crippen molar-refractivity contribution in [1.29, 1.82) is 0 Å². The number of nitrogens with zero attached hydrogens (tertiary/aromatic N) is 3. The van der Waals surface area contributed by atoms with Gasteiger partial charge in [0, 0.05) is 29.7 Å². The molecule has 2 aliphatic heterocycles. The first-order valence-corrected chi connectivity index (χ1v) is 12.1. The average Bonchev–Trinajstić information content (AvgIpc) is 3.37. The first-order chi connectivity index (χ1) is 14.5. The maximum absolute atomic E-state index is 12.8. The van der Waals surface area contributed by atoms with Crippen molar-refractivity contribution in [3.8, 4) is 0 Å². The molecule has 160 valence electrons. The molecule has 2 bridgehead atoms. The summed E-state index contributed by atoms with van der Waals surface area (Å²) in [6, 6.07) is 3.84. The van der Waals surface area contributed by atoms with Gasteiger partial charge in [-0.15, -0.1) is 0 Å². The van der Waals surface area contributed by atoms with Crippen molar-refractivity contribution in [2.75, 3.05) is 17.3 Å². The molecule has 0 spiro atoms. The molecule has 7 nitrogen and oxygen atoms in total. The second-order valence-electron chi connectivity index (χ2n) is 8.39. The molecule has 1 saturated carbocycles. The van der Waals surface area contributed by atoms with Crippen molar-refractivity contribution in [1.82, 2.24) is 14.3 Å². The Kier molecular flexibility index (Phi) is 4.89. The van der Waals surface area contributed by atoms with E-state index in [1.165, 1.54) is 0 Å². The molecule has 2 unspecified atom stereocenters. The number of carbonyl (C=O) groups excluding carboxylic acids is 1. The number of hydrogen-bond donors (Lipinski definition) is 1. The Morgan fingerprint density at radius 3 is 2.83 bits per heavy atom. The Morgan fingerprint density at radius 1 is 1.30 bits per heavy atom. The van der Waals surface area contributed by atoms with Crippen LogP contribution < -0.4 is 4.90 Å². The van der Waals surface area contributed by atoms with Crippen LogP contribution in [0.15, 0.2) is 24.4 Å². The summed E-state index contributed by atoms with van der Waals surface area (Å²) in [5.74, 6) is 0.486. The van der Waals surface area contributed by atoms with Crippen molar-refractivity contribution < 1.29 is 17.6 Å². The second-order valence-corrected chi connectivity index (χ2v) is 10.4. The largest absolute Gasteiger partial charge is 0.346 e. The van der Waals surface area contributed by atoms with Gasteiger partial charge in [0.15, 0.2) is 0 Å². The van der Waals surface area contributed by atoms with Crippen LogP contribution >= 0.6 is 0 Å². The van der Waals surface area contributed by atoms with E-state index in [2.05, 4.69) is 9.97 Å². The predicted molar refractivity (Wildman–Crippen MR) is 113 cm³/mol. The van der Waals surface area contributed by atoms with Gasteiger partial charge in [0.2, 0.25) is 16.4 Å². The van der Waals surface area contributed by atoms with Gasteiger partial charge in [-0.2, -0.15) is 4.31 Å². The number of anilines is 1. The van der Waals surface area contributed by atoms with Gasteiger partial charge in [-0.25, -0.2) is 13.4 Å². The number of alkyl halides is 1. The van der Waals surface area contributed by atoms with Gasteiger partial charge in [-0.3, -0.25) is 14.1 Å². The van der Waals surface area contributed by atoms with Crippen LogP contribution in [-0.4, -0.2) is 59.7 Å². The number of carbonyl (C=O) groups is 1. The number of rotatable bonds is 8. The minimum absolute atomic E-state index is 0.0369. The van der Waals surface area contributed by atoms with Gasteiger partial charge in [-0.1, -0.05) is 6.08 Å². The number of halogens is 1. The minimum atomic E-state index is -3.47. The number of aromatic nitrogens is 2. The third-order valence-corrected chi connectivity index (χ3v) is 8.38. The molecule has 1 amide bonds. The fraction of sp³-hybridized carbons (Fsp3) is 0.524. The van der Waals surface area contributed by atoms with E-state index in [1.54, 1.807) is 9.21 Å². The summed E-state index contributed by atoms with van der Waals surface area (Å²) in [6.45, 7) is -0.622. The number of H-pyrrole nitrogens is 1. The molecular weight excluding hydrogens is 407 g/mol. The number of aromatic amines is 1. The van der Waals surface area contributed by atoms with Crippen LogP contribution in [0.2, 0.25) is 0 Å². The molecule has 2 aromatic heterocycles. The molecule has 3 aliphatic rings. The summed E-state index contributed by atoms with van der Waals surface area (Å²) in [6.07, 6.45) is 8.92. The van der Waals surface area contributed by atoms with Crippen molar-refractivity contribution in [3.05, 3.63) is 30.0 Å². The Morgan fingerprint density at radius 2 is 2.13 bits per heavy atom. The molecule has 2 atom stereocenters. The highest BCUT2D eigenvalue weighted by molar-refractivity contribution is 7.89. The molecule has 0 aromatic carbocycles. The zero-order valence-electron chi connectivity index (χ0n) is 16.6. The SMILES string of the molecule is O=CN(c1cc(C2=CC3CCC(C2)N3S(=O)(=O)CCCF)c2cc[nH]c2n1)C1CC1. The summed E-state index contributed by atoms with van der Waals surface area (Å²) >= 11 is 0. The summed E-state index contributed by atoms with van der Waals surface area (Å²) in [7, 11) is -3.47. The maximum atomic E-state index is 12.8. The predicted octanol–water partition coefficient (Wildman–Crippen LogP) is 3.00. The molecule has 30 heavy (non-hydrogen) atoms. The number of fused-ring (bicyclic) bond motifs is 3. The highest BCUT2D eigenvalue weighted by Crippen LogP contribution is 2.43. The maximum Gasteiger partial charge on any atom is 0.215 e. The summed E-state index contributed by atoms with van der Waals surface area (Å²) in [5.41, 5.74) is 2.82. The molecule has 2 aromatic rings. The normalized spacial score (nSPS) is 24.2. The first-order valence-electron chi connectivity index (χ1n) is 10.5. The van der Waals surface area contributed by atoms with E-state index >= 15 is 0 Å². The highest BCUT2D eigenvalue weighted by atomic mass is 32.2. The van der Waals surface area contributed by atoms with Crippen LogP contribution in [0.5, 0.6) is 0 Å². The van der Waals surface area contributed by atoms with E-state index in [1.807, 2.05) is 24.4 Å². The van der Waals surface area contributed by atoms with E-state index < -0.39 is 16.7 Å². The average molecular weight is 433 g/mol. The second kappa shape index (κ2) is 7.46. The molecule has 1 saturated heterocycles. The Hall–Kier alpha value is -2.26. The van der Waals surface area contributed by atoms with Crippen LogP contribution in [0.1, 0.15) is 44.1 Å². The Bertz CT molecular complexity index is 1110. The fourth-order valence-corrected chi connectivity index (χ4v) is 6.77. The van der Waals surface area contributed by atoms with Crippen molar-refractivity contribution in [3.63, 3.8) is 0 Å². The van der Waals surface area contributed by atoms with Gasteiger partial charge in [-0.05, 0) is 61.8 Å². The summed E-state index contributed by atoms with van der Waals surface area (Å²) in [5, 5.41) is 0.972. The number of amides is 1. The molecular formula is C21H25FN4O3S. The van der Waals surface area contributed by atoms with Crippen molar-refractivity contribution in [2.24, 2.45) is 0 Å². The zero-order chi connectivity index (χ0) is 20.9. The molecule has 1 aliphatic carbocycles. The van der Waals surface area contributed by atoms with E-state index in [0.29, 0.717) is 12.2 Å². The quantitative estimate of drug-likeness (QED) is 0.650. The monoisotopic (exact) mass is 432 g/mol. The lowest BCUT2D eigenvalue weighted by Crippen LogP contribution is -2.44. The lowest BCUT2D eigenvalue weighted by Gasteiger charge is -2.33. The molecule has 4 heterocycles. The van der Waals surface area contributed by atoms with Crippen LogP contribution in [0.4, 0.5) is 10.2 Å². The Balaban J connectivity index is 1.53. The summed E-state index contributed by atoms with van der Waals surface area (Å²) in [4.78, 5) is 21.1. The number of sulfonamides is 1.